The maximum atomic E-state index is 10.4. The van der Waals surface area contributed by atoms with Gasteiger partial charge in [-0.15, -0.1) is 12.4 Å². The van der Waals surface area contributed by atoms with Gasteiger partial charge in [0.25, 0.3) is 0 Å². The summed E-state index contributed by atoms with van der Waals surface area (Å²) in [6, 6.07) is 13.9. The Morgan fingerprint density at radius 3 is 2.24 bits per heavy atom. The second kappa shape index (κ2) is 8.70. The van der Waals surface area contributed by atoms with E-state index in [1.54, 1.807) is 0 Å². The molecule has 4 heteroatoms. The van der Waals surface area contributed by atoms with Gasteiger partial charge in [-0.2, -0.15) is 0 Å². The van der Waals surface area contributed by atoms with E-state index in [9.17, 15) is 5.11 Å². The lowest BCUT2D eigenvalue weighted by atomic mass is 9.77. The van der Waals surface area contributed by atoms with Gasteiger partial charge in [-0.3, -0.25) is 0 Å². The minimum Gasteiger partial charge on any atom is -0.488 e. The highest BCUT2D eigenvalue weighted by Crippen LogP contribution is 2.36. The number of hydrogen-bond donors (Lipinski definition) is 2. The maximum Gasteiger partial charge on any atom is 0.125 e. The zero-order valence-corrected chi connectivity index (χ0v) is 15.8. The molecule has 2 aromatic rings. The SMILES string of the molecule is Cc1cc([C@H](N)[C@H](O)C2CCC2)cc(C)c1OCc1ccccc1.Cl. The second-order valence-corrected chi connectivity index (χ2v) is 6.97. The van der Waals surface area contributed by atoms with Crippen LogP contribution in [-0.4, -0.2) is 11.2 Å². The molecule has 0 bridgehead atoms. The average Bonchev–Trinajstić information content (AvgIpc) is 2.52. The normalized spacial score (nSPS) is 16.5. The number of hydrogen-bond acceptors (Lipinski definition) is 3. The first-order valence-corrected chi connectivity index (χ1v) is 8.78. The molecule has 1 saturated carbocycles. The summed E-state index contributed by atoms with van der Waals surface area (Å²) < 4.78 is 6.03. The van der Waals surface area contributed by atoms with Crippen LogP contribution in [0.2, 0.25) is 0 Å². The van der Waals surface area contributed by atoms with Crippen LogP contribution in [0.5, 0.6) is 5.75 Å². The van der Waals surface area contributed by atoms with Crippen molar-refractivity contribution in [1.82, 2.24) is 0 Å². The van der Waals surface area contributed by atoms with Crippen molar-refractivity contribution in [2.45, 2.75) is 51.9 Å². The van der Waals surface area contributed by atoms with Gasteiger partial charge in [0.05, 0.1) is 12.1 Å². The third-order valence-electron chi connectivity index (χ3n) is 5.09. The molecular formula is C21H28ClNO2. The van der Waals surface area contributed by atoms with E-state index < -0.39 is 6.10 Å². The van der Waals surface area contributed by atoms with Crippen LogP contribution in [0.1, 0.15) is 47.6 Å². The fourth-order valence-electron chi connectivity index (χ4n) is 3.41. The van der Waals surface area contributed by atoms with Gasteiger partial charge in [0, 0.05) is 0 Å². The molecule has 0 aliphatic heterocycles. The predicted molar refractivity (Wildman–Crippen MR) is 104 cm³/mol. The van der Waals surface area contributed by atoms with Gasteiger partial charge >= 0.3 is 0 Å². The van der Waals surface area contributed by atoms with Gasteiger partial charge < -0.3 is 15.6 Å². The minimum absolute atomic E-state index is 0. The van der Waals surface area contributed by atoms with Crippen LogP contribution in [0.4, 0.5) is 0 Å². The molecule has 3 nitrogen and oxygen atoms in total. The lowest BCUT2D eigenvalue weighted by Gasteiger charge is -2.34. The van der Waals surface area contributed by atoms with E-state index in [2.05, 4.69) is 24.3 Å². The molecule has 0 aromatic heterocycles. The molecule has 0 saturated heterocycles. The van der Waals surface area contributed by atoms with Crippen molar-refractivity contribution < 1.29 is 9.84 Å². The molecule has 25 heavy (non-hydrogen) atoms. The van der Waals surface area contributed by atoms with Gasteiger partial charge in [-0.05, 0) is 54.9 Å². The quantitative estimate of drug-likeness (QED) is 0.798. The molecule has 3 N–H and O–H groups in total. The molecule has 1 aliphatic carbocycles. The van der Waals surface area contributed by atoms with Gasteiger partial charge in [-0.1, -0.05) is 48.9 Å². The van der Waals surface area contributed by atoms with E-state index in [4.69, 9.17) is 10.5 Å². The van der Waals surface area contributed by atoms with E-state index in [0.29, 0.717) is 12.5 Å². The average molecular weight is 362 g/mol. The van der Waals surface area contributed by atoms with Crippen molar-refractivity contribution in [2.75, 3.05) is 0 Å². The molecule has 0 amide bonds. The number of rotatable bonds is 6. The number of aryl methyl sites for hydroxylation is 2. The molecule has 0 heterocycles. The van der Waals surface area contributed by atoms with Crippen LogP contribution < -0.4 is 10.5 Å². The molecular weight excluding hydrogens is 334 g/mol. The topological polar surface area (TPSA) is 55.5 Å². The lowest BCUT2D eigenvalue weighted by molar-refractivity contribution is 0.0413. The highest BCUT2D eigenvalue weighted by molar-refractivity contribution is 5.85. The third-order valence-corrected chi connectivity index (χ3v) is 5.09. The van der Waals surface area contributed by atoms with E-state index in [1.807, 2.05) is 32.0 Å². The Morgan fingerprint density at radius 1 is 1.12 bits per heavy atom. The first-order chi connectivity index (χ1) is 11.6. The molecule has 0 radical (unpaired) electrons. The summed E-state index contributed by atoms with van der Waals surface area (Å²) in [4.78, 5) is 0. The van der Waals surface area contributed by atoms with E-state index in [-0.39, 0.29) is 18.4 Å². The summed E-state index contributed by atoms with van der Waals surface area (Å²) in [5.41, 5.74) is 10.6. The molecule has 1 fully saturated rings. The standard InChI is InChI=1S/C21H27NO2.ClH/c1-14-11-18(19(22)20(23)17-9-6-10-17)12-15(2)21(14)24-13-16-7-4-3-5-8-16;/h3-5,7-8,11-12,17,19-20,23H,6,9-10,13,22H2,1-2H3;1H/t19-,20+;/m0./s1. The Hall–Kier alpha value is -1.55. The Balaban J connectivity index is 0.00000225. The van der Waals surface area contributed by atoms with Crippen molar-refractivity contribution >= 4 is 12.4 Å². The summed E-state index contributed by atoms with van der Waals surface area (Å²) in [6.07, 6.45) is 2.93. The highest BCUT2D eigenvalue weighted by atomic mass is 35.5. The number of aliphatic hydroxyl groups is 1. The number of nitrogens with two attached hydrogens (primary N) is 1. The Kier molecular flexibility index (Phi) is 6.88. The zero-order valence-electron chi connectivity index (χ0n) is 14.9. The number of ether oxygens (including phenoxy) is 1. The number of benzene rings is 2. The van der Waals surface area contributed by atoms with Crippen molar-refractivity contribution in [1.29, 1.82) is 0 Å². The largest absolute Gasteiger partial charge is 0.488 e. The first kappa shape index (κ1) is 19.8. The Bertz CT molecular complexity index is 663. The summed E-state index contributed by atoms with van der Waals surface area (Å²) >= 11 is 0. The van der Waals surface area contributed by atoms with Crippen molar-refractivity contribution in [2.24, 2.45) is 11.7 Å². The van der Waals surface area contributed by atoms with Crippen LogP contribution >= 0.6 is 12.4 Å². The Labute approximate surface area is 156 Å². The minimum atomic E-state index is -0.450. The number of halogens is 1. The second-order valence-electron chi connectivity index (χ2n) is 6.97. The first-order valence-electron chi connectivity index (χ1n) is 8.78. The molecule has 1 aliphatic rings. The highest BCUT2D eigenvalue weighted by Gasteiger charge is 2.31. The van der Waals surface area contributed by atoms with Crippen LogP contribution in [0.25, 0.3) is 0 Å². The summed E-state index contributed by atoms with van der Waals surface area (Å²) in [6.45, 7) is 4.64. The van der Waals surface area contributed by atoms with Crippen molar-refractivity contribution in [3.05, 3.63) is 64.7 Å². The van der Waals surface area contributed by atoms with Gasteiger partial charge in [0.1, 0.15) is 12.4 Å². The lowest BCUT2D eigenvalue weighted by Crippen LogP contribution is -2.36. The fraction of sp³-hybridized carbons (Fsp3) is 0.429. The fourth-order valence-corrected chi connectivity index (χ4v) is 3.41. The van der Waals surface area contributed by atoms with Crippen LogP contribution in [-0.2, 0) is 6.61 Å². The molecule has 2 aromatic carbocycles. The third kappa shape index (κ3) is 4.55. The summed E-state index contributed by atoms with van der Waals surface area (Å²) in [7, 11) is 0. The predicted octanol–water partition coefficient (Wildman–Crippen LogP) is 4.47. The molecule has 0 spiro atoms. The van der Waals surface area contributed by atoms with E-state index in [0.717, 1.165) is 40.8 Å². The molecule has 3 rings (SSSR count). The molecule has 136 valence electrons. The van der Waals surface area contributed by atoms with Crippen LogP contribution in [0, 0.1) is 19.8 Å². The van der Waals surface area contributed by atoms with Gasteiger partial charge in [0.15, 0.2) is 0 Å². The van der Waals surface area contributed by atoms with Crippen LogP contribution in [0.15, 0.2) is 42.5 Å². The van der Waals surface area contributed by atoms with Crippen molar-refractivity contribution in [3.8, 4) is 5.75 Å². The Morgan fingerprint density at radius 2 is 1.72 bits per heavy atom. The van der Waals surface area contributed by atoms with Crippen LogP contribution in [0.3, 0.4) is 0 Å². The summed E-state index contributed by atoms with van der Waals surface area (Å²) in [5.74, 6) is 1.27. The van der Waals surface area contributed by atoms with E-state index in [1.165, 1.54) is 6.42 Å². The monoisotopic (exact) mass is 361 g/mol. The number of aliphatic hydroxyl groups excluding tert-OH is 1. The maximum absolute atomic E-state index is 10.4. The van der Waals surface area contributed by atoms with Gasteiger partial charge in [0.2, 0.25) is 0 Å². The van der Waals surface area contributed by atoms with Crippen molar-refractivity contribution in [3.63, 3.8) is 0 Å². The molecule has 0 unspecified atom stereocenters. The zero-order chi connectivity index (χ0) is 17.1. The van der Waals surface area contributed by atoms with E-state index >= 15 is 0 Å². The van der Waals surface area contributed by atoms with Gasteiger partial charge in [-0.25, -0.2) is 0 Å². The summed E-state index contributed by atoms with van der Waals surface area (Å²) in [5, 5.41) is 10.4. The molecule has 2 atom stereocenters. The smallest absolute Gasteiger partial charge is 0.125 e.